The molecule has 0 fully saturated rings. The molecule has 0 radical (unpaired) electrons. The van der Waals surface area contributed by atoms with Gasteiger partial charge < -0.3 is 0 Å². The number of aryl methyl sites for hydroxylation is 1. The standard InChI is InChI=1S/C13H18N2O2S/c1-3-9-18(16,17)15-13(10-14)12-7-5-11(4-2)6-8-12/h5-8,13,15H,3-4,9H2,1-2H3. The van der Waals surface area contributed by atoms with Gasteiger partial charge in [0.1, 0.15) is 6.04 Å². The van der Waals surface area contributed by atoms with Gasteiger partial charge in [0.15, 0.2) is 0 Å². The molecule has 0 amide bonds. The second-order valence-electron chi connectivity index (χ2n) is 4.09. The van der Waals surface area contributed by atoms with Crippen LogP contribution in [0.15, 0.2) is 24.3 Å². The van der Waals surface area contributed by atoms with Crippen molar-refractivity contribution in [2.75, 3.05) is 5.75 Å². The van der Waals surface area contributed by atoms with E-state index in [2.05, 4.69) is 4.72 Å². The van der Waals surface area contributed by atoms with E-state index in [1.54, 1.807) is 19.1 Å². The first-order valence-electron chi connectivity index (χ1n) is 6.00. The predicted molar refractivity (Wildman–Crippen MR) is 71.4 cm³/mol. The Hall–Kier alpha value is -1.38. The van der Waals surface area contributed by atoms with E-state index in [0.29, 0.717) is 12.0 Å². The van der Waals surface area contributed by atoms with Crippen molar-refractivity contribution in [3.8, 4) is 6.07 Å². The summed E-state index contributed by atoms with van der Waals surface area (Å²) in [7, 11) is -3.38. The second-order valence-corrected chi connectivity index (χ2v) is 5.97. The van der Waals surface area contributed by atoms with E-state index in [9.17, 15) is 8.42 Å². The molecule has 0 aliphatic heterocycles. The highest BCUT2D eigenvalue weighted by Crippen LogP contribution is 2.15. The molecule has 0 aliphatic rings. The van der Waals surface area contributed by atoms with Crippen LogP contribution in [-0.2, 0) is 16.4 Å². The van der Waals surface area contributed by atoms with Crippen molar-refractivity contribution in [3.63, 3.8) is 0 Å². The van der Waals surface area contributed by atoms with Gasteiger partial charge in [-0.25, -0.2) is 8.42 Å². The summed E-state index contributed by atoms with van der Waals surface area (Å²) in [5.74, 6) is 0.0399. The first kappa shape index (κ1) is 14.7. The first-order valence-corrected chi connectivity index (χ1v) is 7.66. The fourth-order valence-corrected chi connectivity index (χ4v) is 2.83. The molecule has 1 unspecified atom stereocenters. The molecule has 0 saturated carbocycles. The van der Waals surface area contributed by atoms with E-state index >= 15 is 0 Å². The number of hydrogen-bond donors (Lipinski definition) is 1. The van der Waals surface area contributed by atoms with Gasteiger partial charge >= 0.3 is 0 Å². The zero-order valence-corrected chi connectivity index (χ0v) is 11.5. The lowest BCUT2D eigenvalue weighted by Gasteiger charge is -2.12. The molecule has 5 heteroatoms. The van der Waals surface area contributed by atoms with Gasteiger partial charge in [0.25, 0.3) is 0 Å². The average Bonchev–Trinajstić information content (AvgIpc) is 2.36. The maximum absolute atomic E-state index is 11.6. The zero-order valence-electron chi connectivity index (χ0n) is 10.7. The van der Waals surface area contributed by atoms with Crippen LogP contribution in [0.2, 0.25) is 0 Å². The van der Waals surface area contributed by atoms with E-state index in [1.165, 1.54) is 0 Å². The monoisotopic (exact) mass is 266 g/mol. The Kier molecular flexibility index (Phi) is 5.32. The number of hydrogen-bond acceptors (Lipinski definition) is 3. The first-order chi connectivity index (χ1) is 8.52. The molecule has 0 bridgehead atoms. The van der Waals surface area contributed by atoms with E-state index in [-0.39, 0.29) is 5.75 Å². The molecule has 0 heterocycles. The minimum absolute atomic E-state index is 0.0399. The third kappa shape index (κ3) is 4.13. The SMILES string of the molecule is CCCS(=O)(=O)NC(C#N)c1ccc(CC)cc1. The molecule has 1 aromatic carbocycles. The third-order valence-corrected chi connectivity index (χ3v) is 4.16. The summed E-state index contributed by atoms with van der Waals surface area (Å²) in [4.78, 5) is 0. The number of sulfonamides is 1. The second kappa shape index (κ2) is 6.53. The zero-order chi connectivity index (χ0) is 13.6. The van der Waals surface area contributed by atoms with Gasteiger partial charge in [0.05, 0.1) is 11.8 Å². The van der Waals surface area contributed by atoms with Crippen LogP contribution < -0.4 is 4.72 Å². The quantitative estimate of drug-likeness (QED) is 0.857. The van der Waals surface area contributed by atoms with Crippen molar-refractivity contribution in [3.05, 3.63) is 35.4 Å². The van der Waals surface area contributed by atoms with Gasteiger partial charge in [0.2, 0.25) is 10.0 Å². The van der Waals surface area contributed by atoms with Crippen LogP contribution in [0.1, 0.15) is 37.4 Å². The van der Waals surface area contributed by atoms with Crippen LogP contribution in [0, 0.1) is 11.3 Å². The molecule has 1 rings (SSSR count). The largest absolute Gasteiger partial charge is 0.213 e. The Labute approximate surface area is 109 Å². The van der Waals surface area contributed by atoms with Crippen molar-refractivity contribution < 1.29 is 8.42 Å². The highest BCUT2D eigenvalue weighted by molar-refractivity contribution is 7.89. The Morgan fingerprint density at radius 3 is 2.33 bits per heavy atom. The Morgan fingerprint density at radius 1 is 1.28 bits per heavy atom. The van der Waals surface area contributed by atoms with Crippen molar-refractivity contribution in [2.45, 2.75) is 32.7 Å². The van der Waals surface area contributed by atoms with Crippen molar-refractivity contribution in [2.24, 2.45) is 0 Å². The van der Waals surface area contributed by atoms with Gasteiger partial charge in [-0.1, -0.05) is 38.1 Å². The Morgan fingerprint density at radius 2 is 1.89 bits per heavy atom. The van der Waals surface area contributed by atoms with Crippen LogP contribution in [0.5, 0.6) is 0 Å². The molecule has 4 nitrogen and oxygen atoms in total. The number of nitrogens with zero attached hydrogens (tertiary/aromatic N) is 1. The van der Waals surface area contributed by atoms with Crippen molar-refractivity contribution >= 4 is 10.0 Å². The molecule has 1 atom stereocenters. The van der Waals surface area contributed by atoms with E-state index in [1.807, 2.05) is 25.1 Å². The highest BCUT2D eigenvalue weighted by Gasteiger charge is 2.18. The van der Waals surface area contributed by atoms with Crippen LogP contribution >= 0.6 is 0 Å². The molecule has 18 heavy (non-hydrogen) atoms. The molecule has 0 aromatic heterocycles. The Bertz CT molecular complexity index is 515. The summed E-state index contributed by atoms with van der Waals surface area (Å²) in [6.45, 7) is 3.83. The topological polar surface area (TPSA) is 70.0 Å². The molecule has 0 saturated heterocycles. The fourth-order valence-electron chi connectivity index (χ4n) is 1.62. The summed E-state index contributed by atoms with van der Waals surface area (Å²) < 4.78 is 25.7. The molecule has 1 aromatic rings. The summed E-state index contributed by atoms with van der Waals surface area (Å²) in [5.41, 5.74) is 1.83. The summed E-state index contributed by atoms with van der Waals surface area (Å²) in [5, 5.41) is 9.06. The molecular weight excluding hydrogens is 248 g/mol. The maximum Gasteiger partial charge on any atom is 0.213 e. The van der Waals surface area contributed by atoms with Crippen LogP contribution in [-0.4, -0.2) is 14.2 Å². The molecule has 98 valence electrons. The molecule has 1 N–H and O–H groups in total. The van der Waals surface area contributed by atoms with Gasteiger partial charge in [-0.15, -0.1) is 0 Å². The van der Waals surface area contributed by atoms with Crippen molar-refractivity contribution in [1.82, 2.24) is 4.72 Å². The lowest BCUT2D eigenvalue weighted by molar-refractivity contribution is 0.574. The van der Waals surface area contributed by atoms with Crippen LogP contribution in [0.25, 0.3) is 0 Å². The van der Waals surface area contributed by atoms with Gasteiger partial charge in [0, 0.05) is 0 Å². The summed E-state index contributed by atoms with van der Waals surface area (Å²) in [6.07, 6.45) is 1.45. The van der Waals surface area contributed by atoms with E-state index in [4.69, 9.17) is 5.26 Å². The normalized spacial score (nSPS) is 12.9. The highest BCUT2D eigenvalue weighted by atomic mass is 32.2. The van der Waals surface area contributed by atoms with Crippen LogP contribution in [0.4, 0.5) is 0 Å². The molecular formula is C13H18N2O2S. The minimum atomic E-state index is -3.38. The lowest BCUT2D eigenvalue weighted by Crippen LogP contribution is -2.29. The molecule has 0 spiro atoms. The maximum atomic E-state index is 11.6. The van der Waals surface area contributed by atoms with Gasteiger partial charge in [-0.2, -0.15) is 9.98 Å². The van der Waals surface area contributed by atoms with Crippen molar-refractivity contribution in [1.29, 1.82) is 5.26 Å². The van der Waals surface area contributed by atoms with E-state index < -0.39 is 16.1 Å². The van der Waals surface area contributed by atoms with Gasteiger partial charge in [-0.05, 0) is 24.0 Å². The van der Waals surface area contributed by atoms with Gasteiger partial charge in [-0.3, -0.25) is 0 Å². The minimum Gasteiger partial charge on any atom is -0.212 e. The summed E-state index contributed by atoms with van der Waals surface area (Å²) >= 11 is 0. The smallest absolute Gasteiger partial charge is 0.212 e. The fraction of sp³-hybridized carbons (Fsp3) is 0.462. The molecule has 0 aliphatic carbocycles. The number of nitrogens with one attached hydrogen (secondary N) is 1. The van der Waals surface area contributed by atoms with Crippen LogP contribution in [0.3, 0.4) is 0 Å². The van der Waals surface area contributed by atoms with E-state index in [0.717, 1.165) is 12.0 Å². The number of benzene rings is 1. The average molecular weight is 266 g/mol. The number of nitriles is 1. The Balaban J connectivity index is 2.87. The third-order valence-electron chi connectivity index (χ3n) is 2.62. The lowest BCUT2D eigenvalue weighted by atomic mass is 10.1. The number of rotatable bonds is 6. The summed E-state index contributed by atoms with van der Waals surface area (Å²) in [6, 6.07) is 8.57. The predicted octanol–water partition coefficient (Wildman–Crippen LogP) is 2.14.